The number of pyridine rings is 1. The lowest BCUT2D eigenvalue weighted by atomic mass is 10.2. The molecule has 0 spiro atoms. The molecule has 0 amide bonds. The summed E-state index contributed by atoms with van der Waals surface area (Å²) in [6, 6.07) is 2.00. The van der Waals surface area contributed by atoms with E-state index in [9.17, 15) is 0 Å². The number of ether oxygens (including phenoxy) is 1. The van der Waals surface area contributed by atoms with Crippen molar-refractivity contribution in [1.29, 1.82) is 0 Å². The van der Waals surface area contributed by atoms with Crippen molar-refractivity contribution in [2.45, 2.75) is 13.3 Å². The Hall–Kier alpha value is -1.33. The molecule has 0 saturated carbocycles. The highest BCUT2D eigenvalue weighted by molar-refractivity contribution is 5.66. The Morgan fingerprint density at radius 3 is 2.74 bits per heavy atom. The van der Waals surface area contributed by atoms with E-state index in [0.29, 0.717) is 0 Å². The third-order valence-electron chi connectivity index (χ3n) is 3.44. The smallest absolute Gasteiger partial charge is 0.0738 e. The molecule has 2 rings (SSSR count). The first-order chi connectivity index (χ1) is 9.31. The molecule has 1 fully saturated rings. The number of nitrogens with zero attached hydrogens (tertiary/aromatic N) is 3. The van der Waals surface area contributed by atoms with Crippen molar-refractivity contribution in [3.05, 3.63) is 18.5 Å². The molecule has 0 unspecified atom stereocenters. The molecule has 1 aromatic heterocycles. The summed E-state index contributed by atoms with van der Waals surface area (Å²) in [5, 5.41) is 0. The van der Waals surface area contributed by atoms with Crippen LogP contribution in [0.25, 0.3) is 0 Å². The number of hydrogen-bond acceptors (Lipinski definition) is 5. The van der Waals surface area contributed by atoms with E-state index in [0.717, 1.165) is 63.7 Å². The Morgan fingerprint density at radius 2 is 2.05 bits per heavy atom. The predicted octanol–water partition coefficient (Wildman–Crippen LogP) is 1.21. The van der Waals surface area contributed by atoms with Gasteiger partial charge in [-0.05, 0) is 12.5 Å². The van der Waals surface area contributed by atoms with Crippen LogP contribution in [0.2, 0.25) is 0 Å². The maximum Gasteiger partial charge on any atom is 0.0738 e. The normalized spacial score (nSPS) is 16.8. The molecular weight excluding hydrogens is 240 g/mol. The largest absolute Gasteiger partial charge is 0.396 e. The maximum absolute atomic E-state index is 5.96. The fourth-order valence-corrected chi connectivity index (χ4v) is 2.34. The second kappa shape index (κ2) is 7.31. The molecule has 0 aromatic carbocycles. The Balaban J connectivity index is 1.75. The van der Waals surface area contributed by atoms with E-state index in [1.165, 1.54) is 0 Å². The van der Waals surface area contributed by atoms with Crippen LogP contribution in [0.15, 0.2) is 18.5 Å². The summed E-state index contributed by atoms with van der Waals surface area (Å²) in [7, 11) is 0. The molecular formula is C14H24N4O. The predicted molar refractivity (Wildman–Crippen MR) is 78.4 cm³/mol. The maximum atomic E-state index is 5.96. The van der Waals surface area contributed by atoms with Crippen LogP contribution in [0, 0.1) is 0 Å². The number of hydrogen-bond donors (Lipinski definition) is 1. The van der Waals surface area contributed by atoms with Gasteiger partial charge in [-0.3, -0.25) is 9.88 Å². The molecule has 2 heterocycles. The van der Waals surface area contributed by atoms with Crippen molar-refractivity contribution in [2.24, 2.45) is 0 Å². The van der Waals surface area contributed by atoms with Gasteiger partial charge < -0.3 is 15.4 Å². The topological polar surface area (TPSA) is 54.6 Å². The summed E-state index contributed by atoms with van der Waals surface area (Å²) in [6.07, 6.45) is 4.62. The van der Waals surface area contributed by atoms with Gasteiger partial charge in [-0.1, -0.05) is 6.92 Å². The first kappa shape index (κ1) is 14.1. The van der Waals surface area contributed by atoms with Gasteiger partial charge >= 0.3 is 0 Å². The Kier molecular flexibility index (Phi) is 5.42. The van der Waals surface area contributed by atoms with E-state index in [2.05, 4.69) is 21.7 Å². The van der Waals surface area contributed by atoms with Gasteiger partial charge in [-0.25, -0.2) is 0 Å². The molecule has 19 heavy (non-hydrogen) atoms. The van der Waals surface area contributed by atoms with Crippen LogP contribution < -0.4 is 10.6 Å². The highest BCUT2D eigenvalue weighted by atomic mass is 16.5. The van der Waals surface area contributed by atoms with Crippen LogP contribution in [0.4, 0.5) is 11.4 Å². The monoisotopic (exact) mass is 264 g/mol. The lowest BCUT2D eigenvalue weighted by Gasteiger charge is -2.36. The van der Waals surface area contributed by atoms with Gasteiger partial charge in [0.2, 0.25) is 0 Å². The Labute approximate surface area is 115 Å². The Bertz CT molecular complexity index is 377. The molecule has 5 heteroatoms. The van der Waals surface area contributed by atoms with Gasteiger partial charge in [-0.15, -0.1) is 0 Å². The minimum atomic E-state index is 0.766. The summed E-state index contributed by atoms with van der Waals surface area (Å²) >= 11 is 0. The van der Waals surface area contributed by atoms with Gasteiger partial charge in [0, 0.05) is 45.5 Å². The van der Waals surface area contributed by atoms with Gasteiger partial charge in [0.05, 0.1) is 24.2 Å². The molecule has 1 aromatic rings. The second-order valence-electron chi connectivity index (χ2n) is 4.88. The average Bonchev–Trinajstić information content (AvgIpc) is 2.45. The molecule has 0 atom stereocenters. The van der Waals surface area contributed by atoms with Gasteiger partial charge in [-0.2, -0.15) is 0 Å². The van der Waals surface area contributed by atoms with Crippen LogP contribution in [0.5, 0.6) is 0 Å². The number of anilines is 2. The number of aromatic nitrogens is 1. The fourth-order valence-electron chi connectivity index (χ4n) is 2.34. The van der Waals surface area contributed by atoms with Crippen molar-refractivity contribution >= 4 is 11.4 Å². The SMILES string of the molecule is CCCOCCN1CCN(c2ccncc2N)CC1. The number of nitrogen functional groups attached to an aromatic ring is 1. The van der Waals surface area contributed by atoms with Crippen molar-refractivity contribution in [1.82, 2.24) is 9.88 Å². The zero-order chi connectivity index (χ0) is 13.5. The van der Waals surface area contributed by atoms with Gasteiger partial charge in [0.25, 0.3) is 0 Å². The molecule has 0 bridgehead atoms. The summed E-state index contributed by atoms with van der Waals surface area (Å²) in [5.74, 6) is 0. The lowest BCUT2D eigenvalue weighted by molar-refractivity contribution is 0.102. The van der Waals surface area contributed by atoms with Crippen molar-refractivity contribution < 1.29 is 4.74 Å². The van der Waals surface area contributed by atoms with Gasteiger partial charge in [0.15, 0.2) is 0 Å². The van der Waals surface area contributed by atoms with Crippen molar-refractivity contribution in [3.8, 4) is 0 Å². The second-order valence-corrected chi connectivity index (χ2v) is 4.88. The van der Waals surface area contributed by atoms with Crippen molar-refractivity contribution in [2.75, 3.05) is 56.6 Å². The number of rotatable bonds is 6. The molecule has 106 valence electrons. The fraction of sp³-hybridized carbons (Fsp3) is 0.643. The third-order valence-corrected chi connectivity index (χ3v) is 3.44. The zero-order valence-electron chi connectivity index (χ0n) is 11.7. The van der Waals surface area contributed by atoms with Crippen LogP contribution >= 0.6 is 0 Å². The highest BCUT2D eigenvalue weighted by Gasteiger charge is 2.18. The molecule has 0 radical (unpaired) electrons. The van der Waals surface area contributed by atoms with Crippen LogP contribution in [0.1, 0.15) is 13.3 Å². The van der Waals surface area contributed by atoms with E-state index in [1.54, 1.807) is 12.4 Å². The first-order valence-corrected chi connectivity index (χ1v) is 7.05. The molecule has 1 saturated heterocycles. The summed E-state index contributed by atoms with van der Waals surface area (Å²) < 4.78 is 5.53. The lowest BCUT2D eigenvalue weighted by Crippen LogP contribution is -2.47. The minimum absolute atomic E-state index is 0.766. The van der Waals surface area contributed by atoms with E-state index in [4.69, 9.17) is 10.5 Å². The number of nitrogens with two attached hydrogens (primary N) is 1. The van der Waals surface area contributed by atoms with E-state index < -0.39 is 0 Å². The van der Waals surface area contributed by atoms with E-state index >= 15 is 0 Å². The van der Waals surface area contributed by atoms with Crippen LogP contribution in [0.3, 0.4) is 0 Å². The standard InChI is InChI=1S/C14H24N4O/c1-2-10-19-11-9-17-5-7-18(8-6-17)14-3-4-16-12-13(14)15/h3-4,12H,2,5-11,15H2,1H3. The molecule has 2 N–H and O–H groups in total. The van der Waals surface area contributed by atoms with E-state index in [-0.39, 0.29) is 0 Å². The molecule has 5 nitrogen and oxygen atoms in total. The van der Waals surface area contributed by atoms with E-state index in [1.807, 2.05) is 6.07 Å². The van der Waals surface area contributed by atoms with Crippen LogP contribution in [-0.2, 0) is 4.74 Å². The minimum Gasteiger partial charge on any atom is -0.396 e. The summed E-state index contributed by atoms with van der Waals surface area (Å²) in [4.78, 5) is 8.82. The van der Waals surface area contributed by atoms with Gasteiger partial charge in [0.1, 0.15) is 0 Å². The third kappa shape index (κ3) is 4.08. The quantitative estimate of drug-likeness (QED) is 0.783. The number of piperazine rings is 1. The molecule has 0 aliphatic carbocycles. The summed E-state index contributed by atoms with van der Waals surface area (Å²) in [6.45, 7) is 9.04. The molecule has 1 aliphatic heterocycles. The zero-order valence-corrected chi connectivity index (χ0v) is 11.7. The Morgan fingerprint density at radius 1 is 1.26 bits per heavy atom. The average molecular weight is 264 g/mol. The summed E-state index contributed by atoms with van der Waals surface area (Å²) in [5.41, 5.74) is 7.84. The van der Waals surface area contributed by atoms with Crippen molar-refractivity contribution in [3.63, 3.8) is 0 Å². The first-order valence-electron chi connectivity index (χ1n) is 7.05. The highest BCUT2D eigenvalue weighted by Crippen LogP contribution is 2.22. The molecule has 1 aliphatic rings. The van der Waals surface area contributed by atoms with Crippen LogP contribution in [-0.4, -0.2) is 55.8 Å².